The number of likely N-dealkylation sites (tertiary alicyclic amines) is 2. The number of halogens is 1. The molecule has 0 radical (unpaired) electrons. The van der Waals surface area contributed by atoms with Gasteiger partial charge in [0.15, 0.2) is 0 Å². The molecule has 1 atom stereocenters. The molecule has 0 saturated carbocycles. The summed E-state index contributed by atoms with van der Waals surface area (Å²) in [5.74, 6) is -0.340. The first-order chi connectivity index (χ1) is 13.8. The van der Waals surface area contributed by atoms with E-state index in [0.29, 0.717) is 38.0 Å². The van der Waals surface area contributed by atoms with E-state index in [0.717, 1.165) is 32.4 Å². The number of piperidine rings is 1. The molecule has 2 amide bonds. The first kappa shape index (κ1) is 21.7. The summed E-state index contributed by atoms with van der Waals surface area (Å²) in [4.78, 5) is 27.9. The number of hydrogen-bond acceptors (Lipinski definition) is 4. The first-order valence-electron chi connectivity index (χ1n) is 10.6. The Morgan fingerprint density at radius 1 is 1.21 bits per heavy atom. The second kappa shape index (κ2) is 9.67. The highest BCUT2D eigenvalue weighted by Crippen LogP contribution is 2.25. The van der Waals surface area contributed by atoms with Crippen molar-refractivity contribution in [3.63, 3.8) is 0 Å². The minimum atomic E-state index is -0.797. The van der Waals surface area contributed by atoms with Gasteiger partial charge in [0.25, 0.3) is 0 Å². The van der Waals surface area contributed by atoms with Gasteiger partial charge in [0.05, 0.1) is 12.0 Å². The monoisotopic (exact) mass is 405 g/mol. The van der Waals surface area contributed by atoms with Crippen LogP contribution in [0.5, 0.6) is 0 Å². The van der Waals surface area contributed by atoms with Crippen LogP contribution in [0, 0.1) is 5.82 Å². The van der Waals surface area contributed by atoms with Gasteiger partial charge in [0, 0.05) is 45.7 Å². The molecule has 2 aliphatic rings. The van der Waals surface area contributed by atoms with E-state index in [-0.39, 0.29) is 30.1 Å². The van der Waals surface area contributed by atoms with Gasteiger partial charge in [-0.2, -0.15) is 0 Å². The minimum absolute atomic E-state index is 0.00819. The largest absolute Gasteiger partial charge is 0.388 e. The number of amides is 2. The van der Waals surface area contributed by atoms with Crippen molar-refractivity contribution < 1.29 is 19.1 Å². The second-order valence-corrected chi connectivity index (χ2v) is 8.52. The molecule has 2 N–H and O–H groups in total. The maximum absolute atomic E-state index is 13.4. The number of rotatable bonds is 5. The van der Waals surface area contributed by atoms with E-state index >= 15 is 0 Å². The highest BCUT2D eigenvalue weighted by Gasteiger charge is 2.34. The Morgan fingerprint density at radius 3 is 2.66 bits per heavy atom. The smallest absolute Gasteiger partial charge is 0.226 e. The third-order valence-corrected chi connectivity index (χ3v) is 6.03. The number of β-amino-alcohol motifs (C(OH)–C–C–N with tert-alkyl or cyclic N) is 1. The van der Waals surface area contributed by atoms with E-state index < -0.39 is 5.60 Å². The van der Waals surface area contributed by atoms with Crippen molar-refractivity contribution in [2.24, 2.45) is 0 Å². The number of carbonyl (C=O) groups is 2. The molecule has 3 rings (SSSR count). The molecular weight excluding hydrogens is 373 g/mol. The third kappa shape index (κ3) is 6.51. The SMILES string of the molecule is CC(=O)NC1CCN(CC2(O)CCCN(C(=O)Cc3cccc(F)c3)CC2)CC1. The van der Waals surface area contributed by atoms with Gasteiger partial charge in [-0.1, -0.05) is 12.1 Å². The molecular formula is C22H32FN3O3. The normalized spacial score (nSPS) is 24.2. The quantitative estimate of drug-likeness (QED) is 0.782. The van der Waals surface area contributed by atoms with Gasteiger partial charge < -0.3 is 20.2 Å². The van der Waals surface area contributed by atoms with Crippen LogP contribution in [-0.2, 0) is 16.0 Å². The number of aliphatic hydroxyl groups is 1. The molecule has 1 aromatic rings. The third-order valence-electron chi connectivity index (χ3n) is 6.03. The first-order valence-corrected chi connectivity index (χ1v) is 10.6. The van der Waals surface area contributed by atoms with Crippen LogP contribution >= 0.6 is 0 Å². The van der Waals surface area contributed by atoms with Crippen molar-refractivity contribution in [3.8, 4) is 0 Å². The lowest BCUT2D eigenvalue weighted by Crippen LogP contribution is -2.50. The summed E-state index contributed by atoms with van der Waals surface area (Å²) in [5, 5.41) is 14.1. The Balaban J connectivity index is 1.48. The van der Waals surface area contributed by atoms with E-state index in [1.807, 2.05) is 0 Å². The van der Waals surface area contributed by atoms with Crippen LogP contribution in [0.3, 0.4) is 0 Å². The van der Waals surface area contributed by atoms with Gasteiger partial charge in [-0.25, -0.2) is 4.39 Å². The molecule has 0 aromatic heterocycles. The fraction of sp³-hybridized carbons (Fsp3) is 0.636. The highest BCUT2D eigenvalue weighted by molar-refractivity contribution is 5.78. The van der Waals surface area contributed by atoms with Crippen molar-refractivity contribution >= 4 is 11.8 Å². The topological polar surface area (TPSA) is 72.9 Å². The molecule has 2 saturated heterocycles. The lowest BCUT2D eigenvalue weighted by atomic mass is 9.93. The van der Waals surface area contributed by atoms with Crippen LogP contribution in [-0.4, -0.2) is 71.1 Å². The van der Waals surface area contributed by atoms with Gasteiger partial charge in [0.1, 0.15) is 5.82 Å². The van der Waals surface area contributed by atoms with E-state index in [2.05, 4.69) is 10.2 Å². The summed E-state index contributed by atoms with van der Waals surface area (Å²) in [6.45, 7) is 5.01. The molecule has 6 nitrogen and oxygen atoms in total. The Labute approximate surface area is 172 Å². The molecule has 0 spiro atoms. The second-order valence-electron chi connectivity index (χ2n) is 8.52. The summed E-state index contributed by atoms with van der Waals surface area (Å²) < 4.78 is 13.4. The summed E-state index contributed by atoms with van der Waals surface area (Å²) in [6, 6.07) is 6.38. The lowest BCUT2D eigenvalue weighted by molar-refractivity contribution is -0.130. The molecule has 160 valence electrons. The summed E-state index contributed by atoms with van der Waals surface area (Å²) >= 11 is 0. The van der Waals surface area contributed by atoms with Gasteiger partial charge in [-0.3, -0.25) is 9.59 Å². The number of nitrogens with zero attached hydrogens (tertiary/aromatic N) is 2. The molecule has 2 aliphatic heterocycles. The molecule has 0 bridgehead atoms. The molecule has 0 aliphatic carbocycles. The van der Waals surface area contributed by atoms with E-state index in [1.54, 1.807) is 24.0 Å². The molecule has 1 aromatic carbocycles. The van der Waals surface area contributed by atoms with Crippen molar-refractivity contribution in [1.82, 2.24) is 15.1 Å². The molecule has 29 heavy (non-hydrogen) atoms. The van der Waals surface area contributed by atoms with Gasteiger partial charge in [-0.15, -0.1) is 0 Å². The maximum atomic E-state index is 13.4. The van der Waals surface area contributed by atoms with E-state index in [9.17, 15) is 19.1 Å². The average molecular weight is 406 g/mol. The van der Waals surface area contributed by atoms with Gasteiger partial charge in [0.2, 0.25) is 11.8 Å². The number of benzene rings is 1. The van der Waals surface area contributed by atoms with Gasteiger partial charge in [-0.05, 0) is 49.8 Å². The molecule has 7 heteroatoms. The van der Waals surface area contributed by atoms with Crippen LogP contribution in [0.1, 0.15) is 44.6 Å². The fourth-order valence-electron chi connectivity index (χ4n) is 4.46. The van der Waals surface area contributed by atoms with Gasteiger partial charge >= 0.3 is 0 Å². The molecule has 1 unspecified atom stereocenters. The fourth-order valence-corrected chi connectivity index (χ4v) is 4.46. The summed E-state index contributed by atoms with van der Waals surface area (Å²) in [6.07, 6.45) is 3.96. The number of carbonyl (C=O) groups excluding carboxylic acids is 2. The molecule has 2 heterocycles. The lowest BCUT2D eigenvalue weighted by Gasteiger charge is -2.38. The predicted octanol–water partition coefficient (Wildman–Crippen LogP) is 1.71. The van der Waals surface area contributed by atoms with Crippen LogP contribution < -0.4 is 5.32 Å². The summed E-state index contributed by atoms with van der Waals surface area (Å²) in [5.41, 5.74) is -0.120. The van der Waals surface area contributed by atoms with Crippen molar-refractivity contribution in [2.45, 2.75) is 57.1 Å². The summed E-state index contributed by atoms with van der Waals surface area (Å²) in [7, 11) is 0. The Bertz CT molecular complexity index is 721. The zero-order valence-corrected chi connectivity index (χ0v) is 17.2. The number of hydrogen-bond donors (Lipinski definition) is 2. The number of nitrogens with one attached hydrogen (secondary N) is 1. The van der Waals surface area contributed by atoms with E-state index in [1.165, 1.54) is 12.1 Å². The zero-order chi connectivity index (χ0) is 20.9. The van der Waals surface area contributed by atoms with Crippen molar-refractivity contribution in [1.29, 1.82) is 0 Å². The Kier molecular flexibility index (Phi) is 7.24. The Hall–Kier alpha value is -1.99. The predicted molar refractivity (Wildman–Crippen MR) is 109 cm³/mol. The zero-order valence-electron chi connectivity index (χ0n) is 17.2. The van der Waals surface area contributed by atoms with E-state index in [4.69, 9.17) is 0 Å². The minimum Gasteiger partial charge on any atom is -0.388 e. The van der Waals surface area contributed by atoms with Crippen LogP contribution in [0.4, 0.5) is 4.39 Å². The van der Waals surface area contributed by atoms with Crippen LogP contribution in [0.15, 0.2) is 24.3 Å². The van der Waals surface area contributed by atoms with Crippen LogP contribution in [0.25, 0.3) is 0 Å². The molecule has 2 fully saturated rings. The standard InChI is InChI=1S/C22H32FN3O3/c1-17(27)24-20-6-11-25(12-7-20)16-22(29)8-3-10-26(13-9-22)21(28)15-18-4-2-5-19(23)14-18/h2,4-5,14,20,29H,3,6-13,15-16H2,1H3,(H,24,27). The van der Waals surface area contributed by atoms with Crippen molar-refractivity contribution in [3.05, 3.63) is 35.6 Å². The van der Waals surface area contributed by atoms with Crippen molar-refractivity contribution in [2.75, 3.05) is 32.7 Å². The van der Waals surface area contributed by atoms with Crippen LogP contribution in [0.2, 0.25) is 0 Å². The highest BCUT2D eigenvalue weighted by atomic mass is 19.1. The maximum Gasteiger partial charge on any atom is 0.226 e. The average Bonchev–Trinajstić information content (AvgIpc) is 2.85. The Morgan fingerprint density at radius 2 is 1.97 bits per heavy atom.